The van der Waals surface area contributed by atoms with Crippen molar-refractivity contribution in [1.82, 2.24) is 10.2 Å². The van der Waals surface area contributed by atoms with Crippen LogP contribution in [0.2, 0.25) is 5.02 Å². The predicted octanol–water partition coefficient (Wildman–Crippen LogP) is 5.00. The normalized spacial score (nSPS) is 31.5. The number of hydrogen-bond acceptors (Lipinski definition) is 11. The molecule has 0 aromatic heterocycles. The van der Waals surface area contributed by atoms with Crippen LogP contribution in [0.5, 0.6) is 5.75 Å². The summed E-state index contributed by atoms with van der Waals surface area (Å²) in [5, 5.41) is 14.5. The molecule has 0 saturated carbocycles. The summed E-state index contributed by atoms with van der Waals surface area (Å²) in [5.41, 5.74) is -0.916. The number of ether oxygens (including phenoxy) is 5. The first-order valence-electron chi connectivity index (χ1n) is 17.7. The molecule has 3 amide bonds. The number of nitrogens with one attached hydrogen (secondary N) is 1. The quantitative estimate of drug-likeness (QED) is 0.187. The lowest BCUT2D eigenvalue weighted by Gasteiger charge is -2.42. The van der Waals surface area contributed by atoms with E-state index >= 15 is 0 Å². The summed E-state index contributed by atoms with van der Waals surface area (Å²) in [6.07, 6.45) is 1.61. The summed E-state index contributed by atoms with van der Waals surface area (Å²) >= 11 is 11.3. The van der Waals surface area contributed by atoms with Gasteiger partial charge in [-0.05, 0) is 51.3 Å². The van der Waals surface area contributed by atoms with Crippen molar-refractivity contribution in [2.45, 2.75) is 120 Å². The number of benzene rings is 1. The number of carbonyl (C=O) groups is 4. The van der Waals surface area contributed by atoms with E-state index in [1.54, 1.807) is 52.1 Å². The summed E-state index contributed by atoms with van der Waals surface area (Å²) in [6, 6.07) is 2.60. The van der Waals surface area contributed by atoms with Gasteiger partial charge >= 0.3 is 12.1 Å². The van der Waals surface area contributed by atoms with Crippen molar-refractivity contribution in [1.29, 1.82) is 0 Å². The standard InChI is InChI=1S/C38H54ClN3O10S/c1-21-12-11-13-28(49-10)38(47)20-27(50-35(46)40-38)22(2)33-37(6,52-33)29(51-34(45)23(3)41(7)30(43)14-15-36(4,5)53)19-31(44)42(8)25-17-24(16-21)18-26(48-9)32(25)39/h11-13,17-18,22-23,27-29,33,47,53H,14-16,19-20H2,1-10H3,(H,40,46)/b13-11+,21-12-. The van der Waals surface area contributed by atoms with Gasteiger partial charge in [-0.1, -0.05) is 56.2 Å². The zero-order chi connectivity index (χ0) is 39.6. The largest absolute Gasteiger partial charge is 0.495 e. The van der Waals surface area contributed by atoms with Crippen molar-refractivity contribution < 1.29 is 48.0 Å². The third-order valence-corrected chi connectivity index (χ3v) is 11.1. The lowest BCUT2D eigenvalue weighted by atomic mass is 9.83. The summed E-state index contributed by atoms with van der Waals surface area (Å²) in [6.45, 7) is 10.8. The van der Waals surface area contributed by atoms with Gasteiger partial charge in [0.2, 0.25) is 11.8 Å². The van der Waals surface area contributed by atoms with Crippen LogP contribution in [0, 0.1) is 5.92 Å². The molecule has 8 unspecified atom stereocenters. The smallest absolute Gasteiger partial charge is 0.409 e. The minimum atomic E-state index is -1.83. The minimum absolute atomic E-state index is 0.0509. The average Bonchev–Trinajstić information content (AvgIpc) is 3.78. The zero-order valence-electron chi connectivity index (χ0n) is 32.2. The molecule has 8 atom stereocenters. The van der Waals surface area contributed by atoms with Gasteiger partial charge in [-0.25, -0.2) is 9.59 Å². The number of amides is 3. The van der Waals surface area contributed by atoms with E-state index < -0.39 is 65.7 Å². The molecule has 4 rings (SSSR count). The number of aliphatic hydroxyl groups is 1. The molecule has 1 aromatic carbocycles. The van der Waals surface area contributed by atoms with Crippen molar-refractivity contribution in [2.24, 2.45) is 5.92 Å². The molecule has 15 heteroatoms. The summed E-state index contributed by atoms with van der Waals surface area (Å²) < 4.78 is 28.8. The second-order valence-electron chi connectivity index (χ2n) is 15.2. The number of thiol groups is 1. The second-order valence-corrected chi connectivity index (χ2v) is 16.8. The number of esters is 1. The highest BCUT2D eigenvalue weighted by atomic mass is 35.5. The SMILES string of the molecule is COc1cc2cc(c1Cl)N(C)C(=O)CC(OC(=O)C(C)N(C)C(=O)CCC(C)(C)S)C1(C)OC1C(C)C1CC(O)(NC(=O)O1)C(OC)/C=C/C=C(/C)C2. The van der Waals surface area contributed by atoms with E-state index in [0.717, 1.165) is 11.1 Å². The van der Waals surface area contributed by atoms with Gasteiger partial charge in [0, 0.05) is 44.7 Å². The molecule has 3 heterocycles. The Balaban J connectivity index is 1.74. The Hall–Kier alpha value is -3.30. The molecule has 1 aromatic rings. The van der Waals surface area contributed by atoms with Crippen LogP contribution in [-0.4, -0.2) is 109 Å². The van der Waals surface area contributed by atoms with Gasteiger partial charge in [-0.15, -0.1) is 0 Å². The van der Waals surface area contributed by atoms with Crippen LogP contribution in [-0.2, 0) is 39.8 Å². The lowest BCUT2D eigenvalue weighted by molar-refractivity contribution is -0.162. The predicted molar refractivity (Wildman–Crippen MR) is 203 cm³/mol. The number of halogens is 1. The number of hydrogen-bond donors (Lipinski definition) is 3. The number of fused-ring (bicyclic) bond motifs is 5. The molecule has 0 spiro atoms. The summed E-state index contributed by atoms with van der Waals surface area (Å²) in [4.78, 5) is 56.5. The topological polar surface area (TPSA) is 156 Å². The number of rotatable bonds is 8. The summed E-state index contributed by atoms with van der Waals surface area (Å²) in [5.74, 6) is -1.58. The molecule has 0 aliphatic carbocycles. The Labute approximate surface area is 322 Å². The van der Waals surface area contributed by atoms with Crippen LogP contribution in [0.4, 0.5) is 10.5 Å². The van der Waals surface area contributed by atoms with Crippen LogP contribution in [0.1, 0.15) is 72.8 Å². The zero-order valence-corrected chi connectivity index (χ0v) is 33.9. The van der Waals surface area contributed by atoms with Crippen molar-refractivity contribution in [3.63, 3.8) is 0 Å². The van der Waals surface area contributed by atoms with Crippen molar-refractivity contribution in [3.05, 3.63) is 46.5 Å². The van der Waals surface area contributed by atoms with Crippen LogP contribution in [0.25, 0.3) is 0 Å². The van der Waals surface area contributed by atoms with Gasteiger partial charge in [0.15, 0.2) is 5.72 Å². The van der Waals surface area contributed by atoms with Crippen molar-refractivity contribution in [3.8, 4) is 5.75 Å². The number of methoxy groups -OCH3 is 2. The van der Waals surface area contributed by atoms with Gasteiger partial charge in [-0.3, -0.25) is 14.9 Å². The highest BCUT2D eigenvalue weighted by molar-refractivity contribution is 7.81. The lowest BCUT2D eigenvalue weighted by Crippen LogP contribution is -2.63. The Kier molecular flexibility index (Phi) is 13.3. The fourth-order valence-corrected chi connectivity index (χ4v) is 7.23. The molecular weight excluding hydrogens is 726 g/mol. The van der Waals surface area contributed by atoms with Crippen LogP contribution < -0.4 is 15.0 Å². The molecular formula is C38H54ClN3O10S. The second kappa shape index (κ2) is 16.6. The van der Waals surface area contributed by atoms with E-state index in [0.29, 0.717) is 24.3 Å². The van der Waals surface area contributed by atoms with Gasteiger partial charge in [-0.2, -0.15) is 12.6 Å². The van der Waals surface area contributed by atoms with E-state index in [2.05, 4.69) is 17.9 Å². The Morgan fingerprint density at radius 3 is 2.57 bits per heavy atom. The first-order chi connectivity index (χ1) is 24.6. The minimum Gasteiger partial charge on any atom is -0.495 e. The van der Waals surface area contributed by atoms with Gasteiger partial charge in [0.1, 0.15) is 40.7 Å². The number of anilines is 1. The first kappa shape index (κ1) is 42.4. The molecule has 2 saturated heterocycles. The number of nitrogens with zero attached hydrogens (tertiary/aromatic N) is 2. The molecule has 3 aliphatic rings. The van der Waals surface area contributed by atoms with Crippen LogP contribution in [0.3, 0.4) is 0 Å². The maximum atomic E-state index is 14.1. The first-order valence-corrected chi connectivity index (χ1v) is 18.5. The van der Waals surface area contributed by atoms with E-state index in [9.17, 15) is 24.3 Å². The number of alkyl carbamates (subject to hydrolysis) is 1. The Morgan fingerprint density at radius 1 is 1.26 bits per heavy atom. The van der Waals surface area contributed by atoms with Crippen molar-refractivity contribution in [2.75, 3.05) is 33.2 Å². The molecule has 3 aliphatic heterocycles. The molecule has 4 bridgehead atoms. The number of allylic oxidation sites excluding steroid dienone is 3. The number of carbonyl (C=O) groups excluding carboxylic acids is 4. The van der Waals surface area contributed by atoms with E-state index in [4.69, 9.17) is 35.3 Å². The third kappa shape index (κ3) is 9.88. The third-order valence-electron chi connectivity index (χ3n) is 10.5. The fraction of sp³-hybridized carbons (Fsp3) is 0.632. The molecule has 0 radical (unpaired) electrons. The fourth-order valence-electron chi connectivity index (χ4n) is 6.81. The maximum absolute atomic E-state index is 14.1. The molecule has 2 N–H and O–H groups in total. The molecule has 2 fully saturated rings. The number of likely N-dealkylation sites (N-methyl/N-ethyl adjacent to an activating group) is 1. The van der Waals surface area contributed by atoms with Crippen molar-refractivity contribution >= 4 is 53.8 Å². The van der Waals surface area contributed by atoms with Crippen LogP contribution >= 0.6 is 24.2 Å². The van der Waals surface area contributed by atoms with Gasteiger partial charge < -0.3 is 38.6 Å². The van der Waals surface area contributed by atoms with E-state index in [1.807, 2.05) is 26.8 Å². The van der Waals surface area contributed by atoms with E-state index in [1.165, 1.54) is 31.1 Å². The Morgan fingerprint density at radius 2 is 1.94 bits per heavy atom. The van der Waals surface area contributed by atoms with Gasteiger partial charge in [0.05, 0.1) is 25.3 Å². The molecule has 294 valence electrons. The highest BCUT2D eigenvalue weighted by Gasteiger charge is 2.64. The Bertz CT molecular complexity index is 1630. The number of epoxide rings is 1. The highest BCUT2D eigenvalue weighted by Crippen LogP contribution is 2.49. The summed E-state index contributed by atoms with van der Waals surface area (Å²) in [7, 11) is 6.02. The van der Waals surface area contributed by atoms with Gasteiger partial charge in [0.25, 0.3) is 0 Å². The van der Waals surface area contributed by atoms with E-state index in [-0.39, 0.29) is 34.9 Å². The monoisotopic (exact) mass is 779 g/mol. The maximum Gasteiger partial charge on any atom is 0.409 e. The molecule has 53 heavy (non-hydrogen) atoms. The average molecular weight is 780 g/mol. The molecule has 13 nitrogen and oxygen atoms in total. The van der Waals surface area contributed by atoms with Crippen LogP contribution in [0.15, 0.2) is 35.9 Å².